The Hall–Kier alpha value is -1.92. The smallest absolute Gasteiger partial charge is 0.137 e. The van der Waals surface area contributed by atoms with Crippen LogP contribution in [0.4, 0.5) is 15.8 Å². The molecule has 2 heterocycles. The first kappa shape index (κ1) is 16.5. The van der Waals surface area contributed by atoms with Crippen molar-refractivity contribution in [1.29, 1.82) is 0 Å². The fourth-order valence-corrected chi connectivity index (χ4v) is 3.91. The van der Waals surface area contributed by atoms with E-state index in [-0.39, 0.29) is 11.4 Å². The zero-order valence-corrected chi connectivity index (χ0v) is 15.4. The van der Waals surface area contributed by atoms with Gasteiger partial charge in [-0.3, -0.25) is 0 Å². The first-order chi connectivity index (χ1) is 12.2. The third-order valence-corrected chi connectivity index (χ3v) is 5.47. The minimum Gasteiger partial charge on any atom is -0.371 e. The van der Waals surface area contributed by atoms with Crippen molar-refractivity contribution >= 4 is 33.1 Å². The molecule has 0 aliphatic carbocycles. The summed E-state index contributed by atoms with van der Waals surface area (Å²) in [6.07, 6.45) is 1.94. The molecule has 130 valence electrons. The van der Waals surface area contributed by atoms with Crippen LogP contribution in [0.25, 0.3) is 0 Å². The Labute approximate surface area is 155 Å². The van der Waals surface area contributed by atoms with Gasteiger partial charge in [0.15, 0.2) is 0 Å². The second kappa shape index (κ2) is 6.77. The summed E-state index contributed by atoms with van der Waals surface area (Å²) >= 11 is 3.25. The number of hydrogen-bond acceptors (Lipinski definition) is 4. The predicted molar refractivity (Wildman–Crippen MR) is 103 cm³/mol. The minimum absolute atomic E-state index is 0.170. The largest absolute Gasteiger partial charge is 0.371 e. The maximum atomic E-state index is 13.4. The van der Waals surface area contributed by atoms with Gasteiger partial charge in [-0.25, -0.2) is 9.38 Å². The van der Waals surface area contributed by atoms with Gasteiger partial charge >= 0.3 is 0 Å². The maximum absolute atomic E-state index is 13.4. The van der Waals surface area contributed by atoms with Gasteiger partial charge in [-0.2, -0.15) is 0 Å². The number of halogens is 2. The Morgan fingerprint density at radius 3 is 2.76 bits per heavy atom. The van der Waals surface area contributed by atoms with Crippen LogP contribution < -0.4 is 16.0 Å². The molecule has 0 unspecified atom stereocenters. The van der Waals surface area contributed by atoms with Gasteiger partial charge in [0.25, 0.3) is 0 Å². The third-order valence-electron chi connectivity index (χ3n) is 4.86. The van der Waals surface area contributed by atoms with E-state index in [1.807, 2.05) is 24.3 Å². The lowest BCUT2D eigenvalue weighted by molar-refractivity contribution is 0.412. The van der Waals surface area contributed by atoms with Gasteiger partial charge in [-0.05, 0) is 71.7 Å². The quantitative estimate of drug-likeness (QED) is 0.712. The van der Waals surface area contributed by atoms with Crippen LogP contribution in [-0.2, 0) is 6.54 Å². The molecule has 1 spiro atoms. The topological polar surface area (TPSA) is 48.5 Å². The molecule has 4 nitrogen and oxygen atoms in total. The van der Waals surface area contributed by atoms with Gasteiger partial charge in [0.1, 0.15) is 11.7 Å². The third kappa shape index (κ3) is 3.28. The molecule has 0 aromatic heterocycles. The highest BCUT2D eigenvalue weighted by Gasteiger charge is 2.40. The molecule has 2 aliphatic rings. The molecule has 0 radical (unpaired) electrons. The number of aliphatic imine (C=N–C) groups is 1. The van der Waals surface area contributed by atoms with Crippen molar-refractivity contribution in [3.8, 4) is 0 Å². The molecular weight excluding hydrogens is 383 g/mol. The number of anilines is 1. The summed E-state index contributed by atoms with van der Waals surface area (Å²) in [6.45, 7) is 2.52. The van der Waals surface area contributed by atoms with Crippen LogP contribution in [0.15, 0.2) is 51.9 Å². The molecule has 0 atom stereocenters. The van der Waals surface area contributed by atoms with Gasteiger partial charge in [0, 0.05) is 6.54 Å². The molecule has 0 bridgehead atoms. The van der Waals surface area contributed by atoms with Gasteiger partial charge in [0.05, 0.1) is 21.4 Å². The second-order valence-electron chi connectivity index (χ2n) is 6.54. The fraction of sp³-hybridized carbons (Fsp3) is 0.316. The molecule has 3 N–H and O–H groups in total. The van der Waals surface area contributed by atoms with Gasteiger partial charge in [0.2, 0.25) is 0 Å². The summed E-state index contributed by atoms with van der Waals surface area (Å²) in [5, 5.41) is 10.6. The van der Waals surface area contributed by atoms with Gasteiger partial charge in [-0.15, -0.1) is 0 Å². The number of nitrogens with one attached hydrogen (secondary N) is 3. The number of hydrogen-bond donors (Lipinski definition) is 3. The number of para-hydroxylation sites is 2. The number of fused-ring (bicyclic) bond motifs is 1. The standard InChI is InChI=1S/C19H20BrFN4/c20-14-11-13(5-6-15(14)21)12-23-18-19(7-9-22-10-8-19)25-17-4-2-1-3-16(17)24-18/h1-6,11,22,25H,7-10,12H2,(H,23,24). The highest BCUT2D eigenvalue weighted by atomic mass is 79.9. The van der Waals surface area contributed by atoms with E-state index >= 15 is 0 Å². The zero-order valence-electron chi connectivity index (χ0n) is 13.8. The van der Waals surface area contributed by atoms with Crippen molar-refractivity contribution in [3.05, 3.63) is 58.3 Å². The fourth-order valence-electron chi connectivity index (χ4n) is 3.48. The predicted octanol–water partition coefficient (Wildman–Crippen LogP) is 3.96. The van der Waals surface area contributed by atoms with Crippen molar-refractivity contribution in [2.75, 3.05) is 18.4 Å². The minimum atomic E-state index is -0.246. The molecule has 25 heavy (non-hydrogen) atoms. The lowest BCUT2D eigenvalue weighted by atomic mass is 9.85. The highest BCUT2D eigenvalue weighted by molar-refractivity contribution is 9.10. The Morgan fingerprint density at radius 2 is 1.96 bits per heavy atom. The number of rotatable bonds is 2. The lowest BCUT2D eigenvalue weighted by Gasteiger charge is -2.43. The molecule has 2 aromatic carbocycles. The number of nitrogens with zero attached hydrogens (tertiary/aromatic N) is 1. The summed E-state index contributed by atoms with van der Waals surface area (Å²) in [7, 11) is 0. The number of benzene rings is 2. The van der Waals surface area contributed by atoms with E-state index in [2.05, 4.69) is 37.9 Å². The van der Waals surface area contributed by atoms with Crippen LogP contribution in [0, 0.1) is 5.82 Å². The van der Waals surface area contributed by atoms with Crippen LogP contribution in [0.5, 0.6) is 0 Å². The molecular formula is C19H20BrFN4. The summed E-state index contributed by atoms with van der Waals surface area (Å²) in [6, 6.07) is 13.2. The first-order valence-electron chi connectivity index (χ1n) is 8.51. The Balaban J connectivity index is 1.62. The zero-order chi connectivity index (χ0) is 17.3. The van der Waals surface area contributed by atoms with E-state index in [1.165, 1.54) is 6.07 Å². The van der Waals surface area contributed by atoms with Crippen LogP contribution in [0.3, 0.4) is 0 Å². The van der Waals surface area contributed by atoms with E-state index in [1.54, 1.807) is 6.07 Å². The average Bonchev–Trinajstić information content (AvgIpc) is 2.63. The van der Waals surface area contributed by atoms with Crippen molar-refractivity contribution in [2.45, 2.75) is 24.9 Å². The molecule has 4 rings (SSSR count). The van der Waals surface area contributed by atoms with Gasteiger partial charge in [-0.1, -0.05) is 18.2 Å². The van der Waals surface area contributed by atoms with E-state index in [4.69, 9.17) is 4.99 Å². The molecule has 1 saturated heterocycles. The van der Waals surface area contributed by atoms with Crippen molar-refractivity contribution < 1.29 is 4.39 Å². The van der Waals surface area contributed by atoms with E-state index < -0.39 is 0 Å². The molecule has 0 amide bonds. The number of amidine groups is 1. The Morgan fingerprint density at radius 1 is 1.16 bits per heavy atom. The van der Waals surface area contributed by atoms with Crippen molar-refractivity contribution in [3.63, 3.8) is 0 Å². The van der Waals surface area contributed by atoms with E-state index in [9.17, 15) is 4.39 Å². The summed E-state index contributed by atoms with van der Waals surface area (Å²) in [4.78, 5) is 4.91. The van der Waals surface area contributed by atoms with Crippen LogP contribution in [0.1, 0.15) is 18.4 Å². The molecule has 6 heteroatoms. The second-order valence-corrected chi connectivity index (χ2v) is 7.39. The van der Waals surface area contributed by atoms with Crippen LogP contribution >= 0.6 is 15.9 Å². The Kier molecular flexibility index (Phi) is 4.48. The molecule has 2 aliphatic heterocycles. The SMILES string of the molecule is Fc1ccc(CNC2=Nc3ccccc3NC23CCNCC3)cc1Br. The highest BCUT2D eigenvalue weighted by Crippen LogP contribution is 2.36. The van der Waals surface area contributed by atoms with Crippen LogP contribution in [0.2, 0.25) is 0 Å². The number of piperidine rings is 1. The maximum Gasteiger partial charge on any atom is 0.137 e. The summed E-state index contributed by atoms with van der Waals surface area (Å²) < 4.78 is 13.9. The molecule has 0 saturated carbocycles. The summed E-state index contributed by atoms with van der Waals surface area (Å²) in [5.74, 6) is 0.720. The lowest BCUT2D eigenvalue weighted by Crippen LogP contribution is -2.58. The Bertz CT molecular complexity index is 815. The summed E-state index contributed by atoms with van der Waals surface area (Å²) in [5.41, 5.74) is 2.88. The molecule has 2 aromatic rings. The van der Waals surface area contributed by atoms with Crippen molar-refractivity contribution in [1.82, 2.24) is 10.6 Å². The monoisotopic (exact) mass is 402 g/mol. The van der Waals surface area contributed by atoms with E-state index in [0.717, 1.165) is 48.7 Å². The van der Waals surface area contributed by atoms with Crippen molar-refractivity contribution in [2.24, 2.45) is 4.99 Å². The van der Waals surface area contributed by atoms with Gasteiger partial charge < -0.3 is 16.0 Å². The van der Waals surface area contributed by atoms with Crippen LogP contribution in [-0.4, -0.2) is 24.5 Å². The first-order valence-corrected chi connectivity index (χ1v) is 9.30. The molecule has 1 fully saturated rings. The average molecular weight is 403 g/mol. The van der Waals surface area contributed by atoms with E-state index in [0.29, 0.717) is 11.0 Å². The normalized spacial score (nSPS) is 18.2.